The minimum absolute atomic E-state index is 0.0235. The van der Waals surface area contributed by atoms with E-state index < -0.39 is 23.4 Å². The Morgan fingerprint density at radius 3 is 2.29 bits per heavy atom. The second-order valence-corrected chi connectivity index (χ2v) is 8.47. The van der Waals surface area contributed by atoms with E-state index in [-0.39, 0.29) is 28.6 Å². The van der Waals surface area contributed by atoms with Gasteiger partial charge in [-0.2, -0.15) is 4.99 Å². The van der Waals surface area contributed by atoms with Gasteiger partial charge in [-0.1, -0.05) is 11.6 Å². The fourth-order valence-electron chi connectivity index (χ4n) is 3.73. The van der Waals surface area contributed by atoms with Crippen LogP contribution in [0.4, 0.5) is 24.8 Å². The Morgan fingerprint density at radius 2 is 1.60 bits per heavy atom. The van der Waals surface area contributed by atoms with Crippen LogP contribution in [0.25, 0.3) is 0 Å². The topological polar surface area (TPSA) is 91.3 Å². The highest BCUT2D eigenvalue weighted by Crippen LogP contribution is 2.22. The molecule has 3 aromatic rings. The lowest BCUT2D eigenvalue weighted by molar-refractivity contribution is 0.100. The lowest BCUT2D eigenvalue weighted by atomic mass is 9.91. The maximum Gasteiger partial charge on any atom is 0.280 e. The van der Waals surface area contributed by atoms with Crippen LogP contribution in [0.5, 0.6) is 0 Å². The quantitative estimate of drug-likeness (QED) is 0.329. The monoisotopic (exact) mass is 502 g/mol. The molecule has 0 unspecified atom stereocenters. The maximum absolute atomic E-state index is 13.6. The van der Waals surface area contributed by atoms with E-state index in [9.17, 15) is 18.0 Å². The highest BCUT2D eigenvalue weighted by molar-refractivity contribution is 6.31. The van der Waals surface area contributed by atoms with E-state index in [1.165, 1.54) is 18.2 Å². The Kier molecular flexibility index (Phi) is 7.81. The molecule has 0 saturated heterocycles. The molecule has 3 N–H and O–H groups in total. The molecule has 1 fully saturated rings. The Labute approximate surface area is 204 Å². The number of guanidine groups is 1. The van der Waals surface area contributed by atoms with Crippen LogP contribution >= 0.6 is 11.6 Å². The number of hydrogen-bond acceptors (Lipinski definition) is 4. The zero-order valence-corrected chi connectivity index (χ0v) is 19.2. The number of nitrogens with zero attached hydrogens (tertiary/aromatic N) is 3. The van der Waals surface area contributed by atoms with Gasteiger partial charge in [-0.05, 0) is 68.1 Å². The van der Waals surface area contributed by atoms with E-state index in [0.29, 0.717) is 11.6 Å². The first kappa shape index (κ1) is 24.5. The average Bonchev–Trinajstić information content (AvgIpc) is 2.85. The number of rotatable bonds is 5. The largest absolute Gasteiger partial charge is 0.353 e. The molecule has 4 rings (SSSR count). The molecule has 1 aliphatic carbocycles. The smallest absolute Gasteiger partial charge is 0.280 e. The van der Waals surface area contributed by atoms with E-state index in [1.807, 2.05) is 0 Å². The third-order valence-electron chi connectivity index (χ3n) is 5.53. The molecule has 1 heterocycles. The summed E-state index contributed by atoms with van der Waals surface area (Å²) in [6, 6.07) is 8.71. The highest BCUT2D eigenvalue weighted by Gasteiger charge is 2.23. The van der Waals surface area contributed by atoms with Crippen LogP contribution in [0.15, 0.2) is 59.9 Å². The van der Waals surface area contributed by atoms with E-state index in [1.54, 1.807) is 18.5 Å². The van der Waals surface area contributed by atoms with Gasteiger partial charge < -0.3 is 16.0 Å². The van der Waals surface area contributed by atoms with Crippen molar-refractivity contribution in [3.63, 3.8) is 0 Å². The molecule has 0 bridgehead atoms. The van der Waals surface area contributed by atoms with Crippen molar-refractivity contribution in [1.82, 2.24) is 15.3 Å². The molecule has 2 aromatic carbocycles. The first-order valence-corrected chi connectivity index (χ1v) is 11.4. The lowest BCUT2D eigenvalue weighted by Gasteiger charge is -2.30. The van der Waals surface area contributed by atoms with Crippen LogP contribution in [-0.2, 0) is 0 Å². The highest BCUT2D eigenvalue weighted by atomic mass is 35.5. The Morgan fingerprint density at radius 1 is 0.914 bits per heavy atom. The Hall–Kier alpha value is -3.66. The molecule has 1 aromatic heterocycles. The van der Waals surface area contributed by atoms with Gasteiger partial charge in [0.05, 0.1) is 5.02 Å². The van der Waals surface area contributed by atoms with Crippen LogP contribution in [0.1, 0.15) is 36.0 Å². The molecule has 11 heteroatoms. The number of benzene rings is 2. The van der Waals surface area contributed by atoms with Gasteiger partial charge in [0.25, 0.3) is 5.91 Å². The van der Waals surface area contributed by atoms with Gasteiger partial charge in [0.2, 0.25) is 11.9 Å². The van der Waals surface area contributed by atoms with Crippen molar-refractivity contribution >= 4 is 35.1 Å². The average molecular weight is 503 g/mol. The number of carbonyl (C=O) groups excluding carboxylic acids is 1. The summed E-state index contributed by atoms with van der Waals surface area (Å²) in [6.07, 6.45) is 6.50. The SMILES string of the molecule is O=C(/N=C(/Nc1ccc(F)c(Cl)c1)N[C@H]1CC[C@H](Nc2ncccn2)CC1)c1ccc(F)c(F)c1. The fourth-order valence-corrected chi connectivity index (χ4v) is 3.91. The van der Waals surface area contributed by atoms with Crippen LogP contribution in [-0.4, -0.2) is 33.9 Å². The van der Waals surface area contributed by atoms with E-state index in [4.69, 9.17) is 11.6 Å². The zero-order valence-electron chi connectivity index (χ0n) is 18.4. The second kappa shape index (κ2) is 11.2. The fraction of sp³-hybridized carbons (Fsp3) is 0.250. The van der Waals surface area contributed by atoms with Gasteiger partial charge in [0.15, 0.2) is 11.6 Å². The van der Waals surface area contributed by atoms with Crippen LogP contribution in [0, 0.1) is 17.5 Å². The van der Waals surface area contributed by atoms with Crippen molar-refractivity contribution in [3.8, 4) is 0 Å². The third kappa shape index (κ3) is 6.69. The third-order valence-corrected chi connectivity index (χ3v) is 5.82. The maximum atomic E-state index is 13.6. The predicted molar refractivity (Wildman–Crippen MR) is 128 cm³/mol. The zero-order chi connectivity index (χ0) is 24.8. The molecular formula is C24H22ClF3N6O. The number of amides is 1. The van der Waals surface area contributed by atoms with Crippen molar-refractivity contribution in [2.75, 3.05) is 10.6 Å². The van der Waals surface area contributed by atoms with Crippen molar-refractivity contribution < 1.29 is 18.0 Å². The summed E-state index contributed by atoms with van der Waals surface area (Å²) in [5.41, 5.74) is 0.287. The van der Waals surface area contributed by atoms with Gasteiger partial charge in [0.1, 0.15) is 5.82 Å². The molecule has 35 heavy (non-hydrogen) atoms. The van der Waals surface area contributed by atoms with E-state index >= 15 is 0 Å². The van der Waals surface area contributed by atoms with Gasteiger partial charge in [0, 0.05) is 35.7 Å². The first-order chi connectivity index (χ1) is 16.9. The number of carbonyl (C=O) groups is 1. The second-order valence-electron chi connectivity index (χ2n) is 8.06. The molecular weight excluding hydrogens is 481 g/mol. The minimum Gasteiger partial charge on any atom is -0.353 e. The van der Waals surface area contributed by atoms with Crippen LogP contribution < -0.4 is 16.0 Å². The first-order valence-electron chi connectivity index (χ1n) is 11.0. The number of aliphatic imine (C=N–C) groups is 1. The number of nitrogens with one attached hydrogen (secondary N) is 3. The van der Waals surface area contributed by atoms with Crippen molar-refractivity contribution in [2.24, 2.45) is 4.99 Å². The summed E-state index contributed by atoms with van der Waals surface area (Å²) in [6.45, 7) is 0. The summed E-state index contributed by atoms with van der Waals surface area (Å²) in [4.78, 5) is 25.1. The normalized spacial score (nSPS) is 18.1. The molecule has 0 radical (unpaired) electrons. The molecule has 1 saturated carbocycles. The van der Waals surface area contributed by atoms with Crippen molar-refractivity contribution in [2.45, 2.75) is 37.8 Å². The lowest BCUT2D eigenvalue weighted by Crippen LogP contribution is -2.43. The standard InChI is InChI=1S/C24H22ClF3N6O/c25-18-13-17(7-9-19(18)26)33-24(34-22(35)14-2-8-20(27)21(28)12-14)32-16-5-3-15(4-6-16)31-23-29-10-1-11-30-23/h1-2,7-13,15-16H,3-6H2,(H,29,30,31)(H2,32,33,34,35)/t15-,16-. The van der Waals surface area contributed by atoms with E-state index in [0.717, 1.165) is 43.9 Å². The van der Waals surface area contributed by atoms with Crippen molar-refractivity contribution in [1.29, 1.82) is 0 Å². The molecule has 7 nitrogen and oxygen atoms in total. The molecule has 1 aliphatic rings. The van der Waals surface area contributed by atoms with Gasteiger partial charge >= 0.3 is 0 Å². The van der Waals surface area contributed by atoms with E-state index in [2.05, 4.69) is 30.9 Å². The Balaban J connectivity index is 1.47. The molecule has 0 aliphatic heterocycles. The number of hydrogen-bond donors (Lipinski definition) is 3. The summed E-state index contributed by atoms with van der Waals surface area (Å²) >= 11 is 5.87. The minimum atomic E-state index is -1.15. The summed E-state index contributed by atoms with van der Waals surface area (Å²) in [5.74, 6) is -2.91. The molecule has 182 valence electrons. The number of aromatic nitrogens is 2. The van der Waals surface area contributed by atoms with Gasteiger partial charge in [-0.15, -0.1) is 0 Å². The number of anilines is 2. The summed E-state index contributed by atoms with van der Waals surface area (Å²) in [5, 5.41) is 9.34. The van der Waals surface area contributed by atoms with Gasteiger partial charge in [-0.3, -0.25) is 4.79 Å². The summed E-state index contributed by atoms with van der Waals surface area (Å²) < 4.78 is 40.4. The van der Waals surface area contributed by atoms with Crippen LogP contribution in [0.2, 0.25) is 5.02 Å². The molecule has 1 amide bonds. The summed E-state index contributed by atoms with van der Waals surface area (Å²) in [7, 11) is 0. The molecule has 0 atom stereocenters. The molecule has 0 spiro atoms. The number of halogens is 4. The predicted octanol–water partition coefficient (Wildman–Crippen LogP) is 5.17. The van der Waals surface area contributed by atoms with Gasteiger partial charge in [-0.25, -0.2) is 23.1 Å². The Bertz CT molecular complexity index is 1220. The van der Waals surface area contributed by atoms with Crippen LogP contribution in [0.3, 0.4) is 0 Å². The van der Waals surface area contributed by atoms with Crippen molar-refractivity contribution in [3.05, 3.63) is 82.9 Å².